The second-order valence-corrected chi connectivity index (χ2v) is 33.6. The number of nitrogens with one attached hydrogen (secondary N) is 2. The van der Waals surface area contributed by atoms with Crippen LogP contribution in [0.25, 0.3) is 0 Å². The van der Waals surface area contributed by atoms with Crippen molar-refractivity contribution >= 4 is 71.0 Å². The predicted molar refractivity (Wildman–Crippen MR) is 463 cm³/mol. The smallest absolute Gasteiger partial charge is 1.00 e. The van der Waals surface area contributed by atoms with Crippen molar-refractivity contribution in [2.75, 3.05) is 105 Å². The van der Waals surface area contributed by atoms with E-state index in [1.807, 2.05) is 46.4 Å². The average Bonchev–Trinajstić information content (AvgIpc) is 0.954. The van der Waals surface area contributed by atoms with E-state index in [2.05, 4.69) is 189 Å². The van der Waals surface area contributed by atoms with Crippen LogP contribution in [0.15, 0.2) is 121 Å². The van der Waals surface area contributed by atoms with Crippen LogP contribution in [0.1, 0.15) is 192 Å². The van der Waals surface area contributed by atoms with Gasteiger partial charge in [-0.2, -0.15) is 13.2 Å². The minimum absolute atomic E-state index is 0. The summed E-state index contributed by atoms with van der Waals surface area (Å²) in [5.74, 6) is 0.282. The molecular formula is C88H141BF3K4N9NaO20P. The number of halogens is 3. The number of hydrogen-bond acceptors (Lipinski definition) is 27. The standard InChI is InChI=1S/C20H25NO.C20H23NO.C13H24N2O2.C9H18N2O2.C8H16N2.C6H9BO6.C6H13NO.C2HF3O.C2H7P.2CH2O3.4K.Na.3H/c2*22-20-13-11-19(12-14-20)21(15-17-7-3-1-4-8-17)16-18-9-5-2-6-10-18;1-13(2,3)17-12(16)15-8-6-14(7-9-15)10-11-4-5-11;1-9(2,3)13-8(12)11-6-4-10-5-7-11;1-2-8(1)7-10-5-3-9-4-6-10;1-4(8)11-7(12-5(2)9)13-6(3)10;7-5-1-3-6(8)4-2-5;3-2(4,5)1-6;1-3-2;2*2-1-4-3;;;;;;;;/h1-10,19-20,22H,11-16H2;1-10,19H,11-16H2;11H,4-10H2,1-3H3;10H,4-7H2,1-3H3;8-9H,1-7H2;1-3H3;5-6,8H,1-4,7H2;1H;3H,1-2H3;2*1,3H;;;;;;;;/q;;;;;;;;;;;5*+1;3*-1/p-2. The molecule has 8 aliphatic rings. The van der Waals surface area contributed by atoms with Crippen LogP contribution in [0.2, 0.25) is 0 Å². The summed E-state index contributed by atoms with van der Waals surface area (Å²) in [6.45, 7) is 36.9. The second kappa shape index (κ2) is 79.4. The molecule has 4 aromatic rings. The topological polar surface area (TPSA) is 374 Å². The SMILES string of the molecule is C1CN(CC2CC2)CCN1.CC(=O)OB(OC(C)=O)OC(C)=O.CC(C)(C)OC(=O)N1CCN(CC2CC2)CC1.CC(C)(C)OC(=O)N1CCNCC1.CPC.NC1CCC(O)CC1.O=C1CCC(N(Cc2ccccc2)Cc2ccccc2)CC1.O=CC(F)(F)F.O=CO[O-].O=CO[O-].OC1CCC(N(Cc2ccccc2)Cc2ccccc2)CC1.[H-].[H-].[H-].[K+].[K+].[K+].[K+].[Na+]. The van der Waals surface area contributed by atoms with E-state index >= 15 is 0 Å². The van der Waals surface area contributed by atoms with Crippen molar-refractivity contribution in [3.63, 3.8) is 0 Å². The molecule has 0 spiro atoms. The van der Waals surface area contributed by atoms with E-state index in [-0.39, 0.29) is 288 Å². The number of nitrogens with zero attached hydrogens (tertiary/aromatic N) is 6. The van der Waals surface area contributed by atoms with Crippen molar-refractivity contribution in [2.45, 2.75) is 239 Å². The molecule has 3 heterocycles. The molecule has 12 rings (SSSR count). The first-order valence-electron chi connectivity index (χ1n) is 42.2. The number of carbonyl (C=O) groups is 9. The van der Waals surface area contributed by atoms with Gasteiger partial charge in [0.2, 0.25) is 6.29 Å². The number of aliphatic hydroxyl groups excluding tert-OH is 2. The molecule has 0 unspecified atom stereocenters. The second-order valence-electron chi connectivity index (χ2n) is 32.6. The summed E-state index contributed by atoms with van der Waals surface area (Å²) in [6, 6.07) is 44.1. The maximum Gasteiger partial charge on any atom is 1.00 e. The molecule has 0 atom stereocenters. The molecular weight excluding hydrogens is 1780 g/mol. The number of Topliss-reactive ketones (excluding diaryl/α,β-unsaturated/α-hetero) is 1. The van der Waals surface area contributed by atoms with E-state index in [4.69, 9.17) is 45.2 Å². The number of carbonyl (C=O) groups excluding carboxylic acids is 9. The van der Waals surface area contributed by atoms with E-state index in [0.717, 1.165) is 197 Å². The summed E-state index contributed by atoms with van der Waals surface area (Å²) in [5.41, 5.74) is 10.2. The van der Waals surface area contributed by atoms with Gasteiger partial charge in [0.15, 0.2) is 0 Å². The molecule has 4 aromatic carbocycles. The van der Waals surface area contributed by atoms with Crippen LogP contribution in [-0.4, -0.2) is 255 Å². The number of benzene rings is 4. The molecule has 127 heavy (non-hydrogen) atoms. The van der Waals surface area contributed by atoms with Gasteiger partial charge in [0.25, 0.3) is 30.9 Å². The van der Waals surface area contributed by atoms with E-state index < -0.39 is 37.7 Å². The van der Waals surface area contributed by atoms with Crippen molar-refractivity contribution in [1.29, 1.82) is 0 Å². The van der Waals surface area contributed by atoms with Crippen LogP contribution in [-0.2, 0) is 93.0 Å². The number of rotatable bonds is 19. The molecule has 0 bridgehead atoms. The third kappa shape index (κ3) is 74.3. The number of ether oxygens (including phenoxy) is 2. The summed E-state index contributed by atoms with van der Waals surface area (Å²) in [6.07, 6.45) is 10.9. The Hall–Kier alpha value is -0.500. The summed E-state index contributed by atoms with van der Waals surface area (Å²) in [7, 11) is -0.507. The molecule has 5 aliphatic carbocycles. The Morgan fingerprint density at radius 3 is 1.02 bits per heavy atom. The summed E-state index contributed by atoms with van der Waals surface area (Å²) < 4.78 is 54.9. The largest absolute Gasteiger partial charge is 1.00 e. The first-order valence-corrected chi connectivity index (χ1v) is 44.2. The van der Waals surface area contributed by atoms with Crippen LogP contribution in [0, 0.1) is 11.8 Å². The van der Waals surface area contributed by atoms with Crippen molar-refractivity contribution in [3.05, 3.63) is 144 Å². The van der Waals surface area contributed by atoms with Gasteiger partial charge in [0.05, 0.1) is 12.2 Å². The number of ketones is 1. The van der Waals surface area contributed by atoms with Gasteiger partial charge in [-0.3, -0.25) is 48.3 Å². The number of aliphatic hydroxyl groups is 2. The molecule has 2 amide bonds. The van der Waals surface area contributed by atoms with Crippen LogP contribution >= 0.6 is 8.58 Å². The summed E-state index contributed by atoms with van der Waals surface area (Å²) >= 11 is 0. The zero-order chi connectivity index (χ0) is 90.7. The molecule has 0 radical (unpaired) electrons. The van der Waals surface area contributed by atoms with Gasteiger partial charge in [-0.15, -0.1) is 8.58 Å². The van der Waals surface area contributed by atoms with E-state index in [1.165, 1.54) is 87.2 Å². The molecule has 3 aliphatic heterocycles. The molecule has 29 nitrogen and oxygen atoms in total. The zero-order valence-corrected chi connectivity index (χ0v) is 94.1. The summed E-state index contributed by atoms with van der Waals surface area (Å²) in [4.78, 5) is 111. The number of nitrogens with two attached hydrogens (primary N) is 1. The maximum atomic E-state index is 11.8. The van der Waals surface area contributed by atoms with Crippen LogP contribution in [0.3, 0.4) is 0 Å². The fourth-order valence-electron chi connectivity index (χ4n) is 13.0. The molecule has 0 aromatic heterocycles. The third-order valence-electron chi connectivity index (χ3n) is 19.3. The first-order chi connectivity index (χ1) is 58.0. The Kier molecular flexibility index (Phi) is 83.0. The molecule has 6 N–H and O–H groups in total. The number of aldehydes is 1. The quantitative estimate of drug-likeness (QED) is 0.0193. The van der Waals surface area contributed by atoms with Gasteiger partial charge in [0.1, 0.15) is 17.0 Å². The zero-order valence-electron chi connectivity index (χ0n) is 81.6. The monoisotopic (exact) mass is 1920 g/mol. The third-order valence-corrected chi connectivity index (χ3v) is 19.3. The maximum absolute atomic E-state index is 11.8. The minimum atomic E-state index is -4.64. The van der Waals surface area contributed by atoms with Gasteiger partial charge in [0, 0.05) is 170 Å². The van der Waals surface area contributed by atoms with Crippen molar-refractivity contribution in [1.82, 2.24) is 40.0 Å². The van der Waals surface area contributed by atoms with Gasteiger partial charge < -0.3 is 89.3 Å². The molecule has 8 fully saturated rings. The van der Waals surface area contributed by atoms with Crippen molar-refractivity contribution < 1.29 is 350 Å². The first kappa shape index (κ1) is 133. The van der Waals surface area contributed by atoms with Gasteiger partial charge >= 0.3 is 261 Å². The normalized spacial score (nSPS) is 18.2. The fourth-order valence-corrected chi connectivity index (χ4v) is 13.0. The van der Waals surface area contributed by atoms with Crippen LogP contribution in [0.5, 0.6) is 0 Å². The molecule has 3 saturated heterocycles. The van der Waals surface area contributed by atoms with Gasteiger partial charge in [-0.1, -0.05) is 121 Å². The predicted octanol–water partition coefficient (Wildman–Crippen LogP) is -4.92. The van der Waals surface area contributed by atoms with Gasteiger partial charge in [-0.25, -0.2) is 9.59 Å². The Morgan fingerprint density at radius 1 is 0.488 bits per heavy atom. The minimum Gasteiger partial charge on any atom is -1.00 e. The average molecular weight is 1920 g/mol. The number of alkyl halides is 3. The molecule has 39 heteroatoms. The van der Waals surface area contributed by atoms with Crippen molar-refractivity contribution in [3.8, 4) is 0 Å². The van der Waals surface area contributed by atoms with Crippen LogP contribution in [0.4, 0.5) is 22.8 Å². The number of hydrogen-bond donors (Lipinski definition) is 5. The Morgan fingerprint density at radius 2 is 0.756 bits per heavy atom. The number of amides is 2. The Balaban J connectivity index is -0.000000265. The number of piperazine rings is 3. The van der Waals surface area contributed by atoms with E-state index in [9.17, 15) is 47.0 Å². The fraction of sp³-hybridized carbons (Fsp3) is 0.625. The Bertz CT molecular complexity index is 3340. The summed E-state index contributed by atoms with van der Waals surface area (Å²) in [5, 5.41) is 42.2. The molecule has 5 saturated carbocycles. The van der Waals surface area contributed by atoms with E-state index in [1.54, 1.807) is 4.90 Å². The van der Waals surface area contributed by atoms with Crippen molar-refractivity contribution in [2.24, 2.45) is 17.6 Å². The van der Waals surface area contributed by atoms with E-state index in [0.29, 0.717) is 23.9 Å². The van der Waals surface area contributed by atoms with Gasteiger partial charge in [-0.05, 0) is 179 Å². The Labute approximate surface area is 951 Å². The van der Waals surface area contributed by atoms with Crippen LogP contribution < -0.4 is 262 Å². The molecule has 692 valence electrons.